The molecular formula is C27H31N5O5Si. The van der Waals surface area contributed by atoms with Crippen LogP contribution in [0.25, 0.3) is 16.9 Å². The van der Waals surface area contributed by atoms with E-state index in [0.29, 0.717) is 28.8 Å². The zero-order valence-electron chi connectivity index (χ0n) is 21.9. The first-order chi connectivity index (χ1) is 18.2. The Morgan fingerprint density at radius 1 is 1.05 bits per heavy atom. The summed E-state index contributed by atoms with van der Waals surface area (Å²) in [5.74, 6) is -0.599. The summed E-state index contributed by atoms with van der Waals surface area (Å²) in [4.78, 5) is 43.1. The molecule has 0 aliphatic rings. The Hall–Kier alpha value is -4.09. The van der Waals surface area contributed by atoms with E-state index in [0.717, 1.165) is 6.04 Å². The van der Waals surface area contributed by atoms with Gasteiger partial charge in [0.15, 0.2) is 0 Å². The Bertz CT molecular complexity index is 1510. The number of amides is 1. The van der Waals surface area contributed by atoms with Gasteiger partial charge in [-0.25, -0.2) is 14.5 Å². The lowest BCUT2D eigenvalue weighted by molar-refractivity contribution is 0.0526. The normalized spacial score (nSPS) is 11.5. The quantitative estimate of drug-likeness (QED) is 0.183. The predicted molar refractivity (Wildman–Crippen MR) is 148 cm³/mol. The summed E-state index contributed by atoms with van der Waals surface area (Å²) >= 11 is 0. The molecule has 1 N–H and O–H groups in total. The molecule has 2 heterocycles. The lowest BCUT2D eigenvalue weighted by Gasteiger charge is -2.17. The van der Waals surface area contributed by atoms with Crippen LogP contribution in [-0.2, 0) is 16.2 Å². The number of ether oxygens (including phenoxy) is 2. The van der Waals surface area contributed by atoms with Gasteiger partial charge in [0.05, 0.1) is 29.3 Å². The Labute approximate surface area is 221 Å². The van der Waals surface area contributed by atoms with Crippen molar-refractivity contribution >= 4 is 36.5 Å². The molecule has 1 amide bonds. The molecule has 4 aromatic rings. The van der Waals surface area contributed by atoms with E-state index < -0.39 is 14.0 Å². The number of benzene rings is 2. The Morgan fingerprint density at radius 3 is 2.53 bits per heavy atom. The van der Waals surface area contributed by atoms with Crippen LogP contribution >= 0.6 is 0 Å². The van der Waals surface area contributed by atoms with Gasteiger partial charge in [-0.05, 0) is 43.3 Å². The van der Waals surface area contributed by atoms with Crippen LogP contribution in [0.15, 0.2) is 65.7 Å². The molecule has 11 heteroatoms. The molecular weight excluding hydrogens is 502 g/mol. The third-order valence-corrected chi connectivity index (χ3v) is 7.45. The molecule has 0 atom stereocenters. The van der Waals surface area contributed by atoms with Crippen LogP contribution < -0.4 is 10.9 Å². The van der Waals surface area contributed by atoms with E-state index in [1.54, 1.807) is 49.4 Å². The van der Waals surface area contributed by atoms with Crippen molar-refractivity contribution in [2.45, 2.75) is 39.3 Å². The van der Waals surface area contributed by atoms with Gasteiger partial charge < -0.3 is 14.8 Å². The number of rotatable bonds is 10. The van der Waals surface area contributed by atoms with Gasteiger partial charge in [-0.2, -0.15) is 5.10 Å². The number of anilines is 1. The summed E-state index contributed by atoms with van der Waals surface area (Å²) in [6, 6.07) is 14.7. The topological polar surface area (TPSA) is 117 Å². The highest BCUT2D eigenvalue weighted by molar-refractivity contribution is 6.76. The van der Waals surface area contributed by atoms with Gasteiger partial charge in [0.25, 0.3) is 11.5 Å². The van der Waals surface area contributed by atoms with E-state index in [1.165, 1.54) is 21.6 Å². The second-order valence-corrected chi connectivity index (χ2v) is 15.6. The molecule has 0 aliphatic carbocycles. The van der Waals surface area contributed by atoms with Crippen LogP contribution in [0.1, 0.15) is 27.6 Å². The third-order valence-electron chi connectivity index (χ3n) is 5.74. The fraction of sp³-hybridized carbons (Fsp3) is 0.296. The monoisotopic (exact) mass is 533 g/mol. The molecule has 2 aromatic carbocycles. The molecule has 2 aromatic heterocycles. The minimum absolute atomic E-state index is 0.0449. The molecule has 0 unspecified atom stereocenters. The summed E-state index contributed by atoms with van der Waals surface area (Å²) in [6.07, 6.45) is 2.84. The second-order valence-electron chi connectivity index (χ2n) is 9.94. The molecule has 10 nitrogen and oxygen atoms in total. The van der Waals surface area contributed by atoms with Crippen LogP contribution in [0, 0.1) is 0 Å². The number of aromatic nitrogens is 4. The van der Waals surface area contributed by atoms with Gasteiger partial charge in [-0.1, -0.05) is 37.8 Å². The smallest absolute Gasteiger partial charge is 0.341 e. The van der Waals surface area contributed by atoms with E-state index >= 15 is 0 Å². The minimum atomic E-state index is -1.34. The van der Waals surface area contributed by atoms with Crippen molar-refractivity contribution < 1.29 is 19.1 Å². The average molecular weight is 534 g/mol. The van der Waals surface area contributed by atoms with Gasteiger partial charge in [0.2, 0.25) is 5.95 Å². The molecule has 0 spiro atoms. The number of carbonyl (C=O) groups is 2. The van der Waals surface area contributed by atoms with Crippen molar-refractivity contribution in [3.05, 3.63) is 82.4 Å². The summed E-state index contributed by atoms with van der Waals surface area (Å²) < 4.78 is 13.7. The Morgan fingerprint density at radius 2 is 1.82 bits per heavy atom. The number of esters is 1. The van der Waals surface area contributed by atoms with Crippen molar-refractivity contribution in [2.75, 3.05) is 18.5 Å². The van der Waals surface area contributed by atoms with E-state index in [4.69, 9.17) is 9.47 Å². The van der Waals surface area contributed by atoms with Crippen molar-refractivity contribution in [1.82, 2.24) is 19.3 Å². The van der Waals surface area contributed by atoms with E-state index in [1.807, 2.05) is 6.07 Å². The van der Waals surface area contributed by atoms with Gasteiger partial charge in [-0.15, -0.1) is 0 Å². The number of hydrogen-bond acceptors (Lipinski definition) is 7. The second kappa shape index (κ2) is 11.5. The number of hydrogen-bond donors (Lipinski definition) is 1. The van der Waals surface area contributed by atoms with Crippen molar-refractivity contribution in [3.8, 4) is 5.95 Å². The number of nitrogens with one attached hydrogen (secondary N) is 1. The predicted octanol–water partition coefficient (Wildman–Crippen LogP) is 4.32. The molecule has 0 aliphatic heterocycles. The van der Waals surface area contributed by atoms with Crippen molar-refractivity contribution in [2.24, 2.45) is 0 Å². The summed E-state index contributed by atoms with van der Waals surface area (Å²) in [6.45, 7) is 9.15. The minimum Gasteiger partial charge on any atom is -0.462 e. The molecule has 0 saturated carbocycles. The molecule has 0 fully saturated rings. The first-order valence-corrected chi connectivity index (χ1v) is 16.1. The SMILES string of the molecule is CCOC(=O)c1cnn(-c2nc3ccc(NC(=O)c4ccccc4)cc3c(=O)n2COCC[Si](C)(C)C)c1. The first kappa shape index (κ1) is 27.0. The average Bonchev–Trinajstić information content (AvgIpc) is 3.38. The van der Waals surface area contributed by atoms with Crippen molar-refractivity contribution in [3.63, 3.8) is 0 Å². The summed E-state index contributed by atoms with van der Waals surface area (Å²) in [7, 11) is -1.34. The van der Waals surface area contributed by atoms with Crippen LogP contribution in [0.3, 0.4) is 0 Å². The molecule has 198 valence electrons. The Kier molecular flexibility index (Phi) is 8.18. The van der Waals surface area contributed by atoms with E-state index in [-0.39, 0.29) is 36.3 Å². The van der Waals surface area contributed by atoms with Crippen LogP contribution in [0.4, 0.5) is 5.69 Å². The highest BCUT2D eigenvalue weighted by Crippen LogP contribution is 2.18. The Balaban J connectivity index is 1.71. The van der Waals surface area contributed by atoms with E-state index in [2.05, 4.69) is 35.0 Å². The van der Waals surface area contributed by atoms with Crippen molar-refractivity contribution in [1.29, 1.82) is 0 Å². The third kappa shape index (κ3) is 6.42. The summed E-state index contributed by atoms with van der Waals surface area (Å²) in [5, 5.41) is 7.39. The number of nitrogens with zero attached hydrogens (tertiary/aromatic N) is 4. The van der Waals surface area contributed by atoms with Gasteiger partial charge >= 0.3 is 5.97 Å². The highest BCUT2D eigenvalue weighted by atomic mass is 28.3. The molecule has 0 bridgehead atoms. The zero-order valence-corrected chi connectivity index (χ0v) is 22.9. The summed E-state index contributed by atoms with van der Waals surface area (Å²) in [5.41, 5.74) is 1.26. The zero-order chi connectivity index (χ0) is 27.3. The maximum absolute atomic E-state index is 13.7. The van der Waals surface area contributed by atoms with Gasteiger partial charge in [0.1, 0.15) is 6.73 Å². The van der Waals surface area contributed by atoms with Crippen LogP contribution in [-0.4, -0.2) is 52.5 Å². The molecule has 38 heavy (non-hydrogen) atoms. The lowest BCUT2D eigenvalue weighted by atomic mass is 10.2. The molecule has 0 saturated heterocycles. The van der Waals surface area contributed by atoms with Gasteiger partial charge in [0, 0.05) is 32.1 Å². The van der Waals surface area contributed by atoms with Crippen LogP contribution in [0.5, 0.6) is 0 Å². The lowest BCUT2D eigenvalue weighted by Crippen LogP contribution is -2.29. The first-order valence-electron chi connectivity index (χ1n) is 12.4. The number of carbonyl (C=O) groups excluding carboxylic acids is 2. The highest BCUT2D eigenvalue weighted by Gasteiger charge is 2.18. The maximum Gasteiger partial charge on any atom is 0.341 e. The largest absolute Gasteiger partial charge is 0.462 e. The van der Waals surface area contributed by atoms with E-state index in [9.17, 15) is 14.4 Å². The fourth-order valence-corrected chi connectivity index (χ4v) is 4.41. The maximum atomic E-state index is 13.7. The standard InChI is InChI=1S/C27H31N5O5Si/c1-5-37-26(35)20-16-28-32(17-20)27-30-23-12-11-21(29-24(33)19-9-7-6-8-10-19)15-22(23)25(34)31(27)18-36-13-14-38(2,3)4/h6-12,15-17H,5,13-14,18H2,1-4H3,(H,29,33). The fourth-order valence-electron chi connectivity index (χ4n) is 3.66. The molecule has 4 rings (SSSR count). The molecule has 0 radical (unpaired) electrons. The van der Waals surface area contributed by atoms with Crippen LogP contribution in [0.2, 0.25) is 25.7 Å². The number of fused-ring (bicyclic) bond motifs is 1. The van der Waals surface area contributed by atoms with Gasteiger partial charge in [-0.3, -0.25) is 14.2 Å².